The SMILES string of the molecule is COCC1(CNS(=O)(=O)c2cc(OC)c(OC)cc2C)CCNCC1. The average molecular weight is 372 g/mol. The molecule has 7 nitrogen and oxygen atoms in total. The lowest BCUT2D eigenvalue weighted by Gasteiger charge is -2.37. The van der Waals surface area contributed by atoms with Crippen molar-refractivity contribution in [3.8, 4) is 11.5 Å². The van der Waals surface area contributed by atoms with E-state index in [9.17, 15) is 8.42 Å². The smallest absolute Gasteiger partial charge is 0.240 e. The van der Waals surface area contributed by atoms with Crippen LogP contribution in [-0.4, -0.2) is 56.0 Å². The molecule has 142 valence electrons. The van der Waals surface area contributed by atoms with Gasteiger partial charge in [-0.15, -0.1) is 0 Å². The third kappa shape index (κ3) is 4.63. The third-order valence-electron chi connectivity index (χ3n) is 4.72. The number of piperidine rings is 1. The molecule has 2 rings (SSSR count). The second-order valence-corrected chi connectivity index (χ2v) is 8.22. The Labute approximate surface area is 150 Å². The largest absolute Gasteiger partial charge is 0.493 e. The highest BCUT2D eigenvalue weighted by atomic mass is 32.2. The van der Waals surface area contributed by atoms with E-state index in [1.807, 2.05) is 0 Å². The lowest BCUT2D eigenvalue weighted by molar-refractivity contribution is 0.0577. The Bertz CT molecular complexity index is 679. The van der Waals surface area contributed by atoms with Crippen LogP contribution >= 0.6 is 0 Å². The number of aryl methyl sites for hydroxylation is 1. The molecule has 1 aromatic rings. The fraction of sp³-hybridized carbons (Fsp3) is 0.647. The molecule has 0 unspecified atom stereocenters. The Morgan fingerprint density at radius 3 is 2.28 bits per heavy atom. The molecular formula is C17H28N2O5S. The zero-order valence-electron chi connectivity index (χ0n) is 15.3. The molecular weight excluding hydrogens is 344 g/mol. The lowest BCUT2D eigenvalue weighted by atomic mass is 9.80. The highest BCUT2D eigenvalue weighted by Gasteiger charge is 2.34. The van der Waals surface area contributed by atoms with Crippen LogP contribution in [0.25, 0.3) is 0 Å². The molecule has 0 amide bonds. The van der Waals surface area contributed by atoms with E-state index in [1.165, 1.54) is 20.3 Å². The van der Waals surface area contributed by atoms with Crippen LogP contribution in [0.5, 0.6) is 11.5 Å². The van der Waals surface area contributed by atoms with Gasteiger partial charge in [-0.05, 0) is 44.5 Å². The molecule has 1 saturated heterocycles. The summed E-state index contributed by atoms with van der Waals surface area (Å²) in [6.07, 6.45) is 1.74. The Kier molecular flexibility index (Phi) is 6.67. The predicted octanol–water partition coefficient (Wildman–Crippen LogP) is 1.31. The number of rotatable bonds is 8. The van der Waals surface area contributed by atoms with E-state index in [1.54, 1.807) is 20.1 Å². The average Bonchev–Trinajstić information content (AvgIpc) is 2.61. The van der Waals surface area contributed by atoms with Gasteiger partial charge in [0.15, 0.2) is 11.5 Å². The fourth-order valence-corrected chi connectivity index (χ4v) is 4.61. The van der Waals surface area contributed by atoms with Crippen molar-refractivity contribution in [2.45, 2.75) is 24.7 Å². The number of benzene rings is 1. The maximum absolute atomic E-state index is 12.8. The molecule has 0 aliphatic carbocycles. The first-order valence-electron chi connectivity index (χ1n) is 8.29. The van der Waals surface area contributed by atoms with Gasteiger partial charge in [-0.2, -0.15) is 0 Å². The number of hydrogen-bond donors (Lipinski definition) is 2. The normalized spacial score (nSPS) is 17.3. The molecule has 0 saturated carbocycles. The molecule has 1 heterocycles. The molecule has 8 heteroatoms. The van der Waals surface area contributed by atoms with Crippen LogP contribution in [0.3, 0.4) is 0 Å². The standard InChI is InChI=1S/C17H28N2O5S/c1-13-9-14(23-3)15(24-4)10-16(13)25(20,21)19-11-17(12-22-2)5-7-18-8-6-17/h9-10,18-19H,5-8,11-12H2,1-4H3. The molecule has 1 aliphatic rings. The van der Waals surface area contributed by atoms with Gasteiger partial charge in [-0.1, -0.05) is 0 Å². The minimum Gasteiger partial charge on any atom is -0.493 e. The summed E-state index contributed by atoms with van der Waals surface area (Å²) in [5.74, 6) is 0.898. The van der Waals surface area contributed by atoms with E-state index in [-0.39, 0.29) is 10.3 Å². The van der Waals surface area contributed by atoms with Crippen LogP contribution in [-0.2, 0) is 14.8 Å². The number of hydrogen-bond acceptors (Lipinski definition) is 6. The second-order valence-electron chi connectivity index (χ2n) is 6.48. The van der Waals surface area contributed by atoms with Crippen LogP contribution < -0.4 is 19.5 Å². The summed E-state index contributed by atoms with van der Waals surface area (Å²) in [7, 11) is 0.993. The van der Waals surface area contributed by atoms with E-state index in [0.29, 0.717) is 30.2 Å². The number of nitrogens with one attached hydrogen (secondary N) is 2. The van der Waals surface area contributed by atoms with Crippen molar-refractivity contribution in [1.82, 2.24) is 10.0 Å². The van der Waals surface area contributed by atoms with Gasteiger partial charge in [0.1, 0.15) is 0 Å². The van der Waals surface area contributed by atoms with E-state index in [2.05, 4.69) is 10.0 Å². The van der Waals surface area contributed by atoms with Gasteiger partial charge in [0.2, 0.25) is 10.0 Å². The van der Waals surface area contributed by atoms with Gasteiger partial charge in [-0.25, -0.2) is 13.1 Å². The first-order chi connectivity index (χ1) is 11.9. The number of ether oxygens (including phenoxy) is 3. The minimum atomic E-state index is -3.67. The van der Waals surface area contributed by atoms with Crippen molar-refractivity contribution < 1.29 is 22.6 Å². The van der Waals surface area contributed by atoms with Crippen molar-refractivity contribution in [2.75, 3.05) is 47.6 Å². The van der Waals surface area contributed by atoms with E-state index < -0.39 is 10.0 Å². The number of sulfonamides is 1. The molecule has 0 radical (unpaired) electrons. The minimum absolute atomic E-state index is 0.183. The van der Waals surface area contributed by atoms with Crippen LogP contribution in [0.2, 0.25) is 0 Å². The maximum atomic E-state index is 12.8. The molecule has 2 N–H and O–H groups in total. The van der Waals surface area contributed by atoms with Gasteiger partial charge in [-0.3, -0.25) is 0 Å². The number of methoxy groups -OCH3 is 3. The predicted molar refractivity (Wildman–Crippen MR) is 95.9 cm³/mol. The first-order valence-corrected chi connectivity index (χ1v) is 9.78. The highest BCUT2D eigenvalue weighted by Crippen LogP contribution is 2.33. The molecule has 1 fully saturated rings. The summed E-state index contributed by atoms with van der Waals surface area (Å²) in [6.45, 7) is 4.34. The van der Waals surface area contributed by atoms with E-state index >= 15 is 0 Å². The molecule has 0 spiro atoms. The summed E-state index contributed by atoms with van der Waals surface area (Å²) in [5.41, 5.74) is 0.425. The van der Waals surface area contributed by atoms with Crippen LogP contribution in [0.15, 0.2) is 17.0 Å². The summed E-state index contributed by atoms with van der Waals surface area (Å²) >= 11 is 0. The van der Waals surface area contributed by atoms with E-state index in [0.717, 1.165) is 25.9 Å². The molecule has 0 aromatic heterocycles. The van der Waals surface area contributed by atoms with Gasteiger partial charge in [0.05, 0.1) is 25.7 Å². The zero-order chi connectivity index (χ0) is 18.5. The topological polar surface area (TPSA) is 85.9 Å². The van der Waals surface area contributed by atoms with Gasteiger partial charge < -0.3 is 19.5 Å². The third-order valence-corrected chi connectivity index (χ3v) is 6.27. The zero-order valence-corrected chi connectivity index (χ0v) is 16.2. The second kappa shape index (κ2) is 8.35. The van der Waals surface area contributed by atoms with Crippen molar-refractivity contribution in [3.63, 3.8) is 0 Å². The molecule has 0 bridgehead atoms. The van der Waals surface area contributed by atoms with Crippen molar-refractivity contribution >= 4 is 10.0 Å². The monoisotopic (exact) mass is 372 g/mol. The van der Waals surface area contributed by atoms with E-state index in [4.69, 9.17) is 14.2 Å². The quantitative estimate of drug-likeness (QED) is 0.716. The van der Waals surface area contributed by atoms with Crippen molar-refractivity contribution in [1.29, 1.82) is 0 Å². The maximum Gasteiger partial charge on any atom is 0.240 e. The molecule has 1 aromatic carbocycles. The molecule has 25 heavy (non-hydrogen) atoms. The summed E-state index contributed by atoms with van der Waals surface area (Å²) in [6, 6.07) is 3.17. The Morgan fingerprint density at radius 2 is 1.72 bits per heavy atom. The highest BCUT2D eigenvalue weighted by molar-refractivity contribution is 7.89. The van der Waals surface area contributed by atoms with Gasteiger partial charge in [0.25, 0.3) is 0 Å². The van der Waals surface area contributed by atoms with Gasteiger partial charge in [0, 0.05) is 25.1 Å². The Morgan fingerprint density at radius 1 is 1.12 bits per heavy atom. The van der Waals surface area contributed by atoms with Crippen LogP contribution in [0.1, 0.15) is 18.4 Å². The summed E-state index contributed by atoms with van der Waals surface area (Å²) in [5, 5.41) is 3.30. The summed E-state index contributed by atoms with van der Waals surface area (Å²) in [4.78, 5) is 0.201. The van der Waals surface area contributed by atoms with Crippen LogP contribution in [0, 0.1) is 12.3 Å². The molecule has 1 aliphatic heterocycles. The first kappa shape index (κ1) is 20.0. The van der Waals surface area contributed by atoms with Crippen molar-refractivity contribution in [2.24, 2.45) is 5.41 Å². The van der Waals surface area contributed by atoms with Crippen molar-refractivity contribution in [3.05, 3.63) is 17.7 Å². The fourth-order valence-electron chi connectivity index (χ4n) is 3.21. The van der Waals surface area contributed by atoms with Crippen LogP contribution in [0.4, 0.5) is 0 Å². The molecule has 0 atom stereocenters. The van der Waals surface area contributed by atoms with Gasteiger partial charge >= 0.3 is 0 Å². The Balaban J connectivity index is 2.23. The lowest BCUT2D eigenvalue weighted by Crippen LogP contribution is -2.47. The summed E-state index contributed by atoms with van der Waals surface area (Å²) < 4.78 is 44.3. The Hall–Kier alpha value is -1.35.